The molecule has 2 N–H and O–H groups in total. The number of benzene rings is 1. The molecule has 116 valence electrons. The molecular formula is C15H16N2O3S2. The minimum absolute atomic E-state index is 0.168. The summed E-state index contributed by atoms with van der Waals surface area (Å²) < 4.78 is 6.82. The maximum absolute atomic E-state index is 12.3. The Labute approximate surface area is 137 Å². The van der Waals surface area contributed by atoms with Gasteiger partial charge in [0.25, 0.3) is 0 Å². The average molecular weight is 336 g/mol. The maximum Gasteiger partial charge on any atom is 0.329 e. The SMILES string of the molecule is CCOC(=O)C(Cc1ccccc1)n1c(O)c(C=N)sc1=S. The molecule has 2 rings (SSSR count). The van der Waals surface area contributed by atoms with E-state index in [4.69, 9.17) is 22.4 Å². The van der Waals surface area contributed by atoms with Crippen molar-refractivity contribution in [2.75, 3.05) is 6.61 Å². The number of aromatic hydroxyl groups is 1. The lowest BCUT2D eigenvalue weighted by atomic mass is 10.1. The van der Waals surface area contributed by atoms with Gasteiger partial charge in [-0.3, -0.25) is 4.57 Å². The van der Waals surface area contributed by atoms with E-state index in [-0.39, 0.29) is 12.5 Å². The van der Waals surface area contributed by atoms with E-state index in [1.54, 1.807) is 6.92 Å². The lowest BCUT2D eigenvalue weighted by molar-refractivity contribution is -0.147. The number of aromatic nitrogens is 1. The molecule has 7 heteroatoms. The van der Waals surface area contributed by atoms with Gasteiger partial charge in [-0.2, -0.15) is 0 Å². The van der Waals surface area contributed by atoms with Crippen molar-refractivity contribution in [2.45, 2.75) is 19.4 Å². The number of nitrogens with one attached hydrogen (secondary N) is 1. The first kappa shape index (κ1) is 16.4. The van der Waals surface area contributed by atoms with Crippen LogP contribution in [-0.4, -0.2) is 28.5 Å². The molecule has 0 fully saturated rings. The third kappa shape index (κ3) is 3.42. The van der Waals surface area contributed by atoms with Crippen LogP contribution >= 0.6 is 23.6 Å². The van der Waals surface area contributed by atoms with Gasteiger partial charge in [-0.25, -0.2) is 4.79 Å². The molecule has 0 aliphatic carbocycles. The summed E-state index contributed by atoms with van der Waals surface area (Å²) in [6.45, 7) is 1.98. The number of carbonyl (C=O) groups excluding carboxylic acids is 1. The molecule has 1 aromatic carbocycles. The zero-order valence-electron chi connectivity index (χ0n) is 12.0. The third-order valence-corrected chi connectivity index (χ3v) is 4.45. The number of nitrogens with zero attached hydrogens (tertiary/aromatic N) is 1. The highest BCUT2D eigenvalue weighted by atomic mass is 32.1. The van der Waals surface area contributed by atoms with Crippen LogP contribution in [0.3, 0.4) is 0 Å². The zero-order chi connectivity index (χ0) is 16.1. The molecular weight excluding hydrogens is 320 g/mol. The average Bonchev–Trinajstić information content (AvgIpc) is 2.80. The highest BCUT2D eigenvalue weighted by molar-refractivity contribution is 7.73. The summed E-state index contributed by atoms with van der Waals surface area (Å²) in [5.41, 5.74) is 0.935. The van der Waals surface area contributed by atoms with Gasteiger partial charge in [0.2, 0.25) is 5.88 Å². The molecule has 0 aliphatic heterocycles. The summed E-state index contributed by atoms with van der Waals surface area (Å²) in [6.07, 6.45) is 1.38. The minimum atomic E-state index is -0.750. The third-order valence-electron chi connectivity index (χ3n) is 3.12. The van der Waals surface area contributed by atoms with Crippen molar-refractivity contribution in [2.24, 2.45) is 0 Å². The minimum Gasteiger partial charge on any atom is -0.493 e. The van der Waals surface area contributed by atoms with Crippen molar-refractivity contribution in [1.29, 1.82) is 5.41 Å². The largest absolute Gasteiger partial charge is 0.493 e. The Morgan fingerprint density at radius 2 is 2.18 bits per heavy atom. The quantitative estimate of drug-likeness (QED) is 0.482. The van der Waals surface area contributed by atoms with Crippen LogP contribution in [0.25, 0.3) is 0 Å². The summed E-state index contributed by atoms with van der Waals surface area (Å²) in [6, 6.07) is 8.71. The van der Waals surface area contributed by atoms with E-state index in [9.17, 15) is 9.90 Å². The Hall–Kier alpha value is -1.99. The number of rotatable bonds is 6. The van der Waals surface area contributed by atoms with Gasteiger partial charge in [-0.1, -0.05) is 41.7 Å². The molecule has 0 bridgehead atoms. The van der Waals surface area contributed by atoms with E-state index in [2.05, 4.69) is 0 Å². The Kier molecular flexibility index (Phi) is 5.46. The predicted octanol–water partition coefficient (Wildman–Crippen LogP) is 3.33. The van der Waals surface area contributed by atoms with Gasteiger partial charge >= 0.3 is 5.97 Å². The Morgan fingerprint density at radius 3 is 2.73 bits per heavy atom. The van der Waals surface area contributed by atoms with Gasteiger partial charge in [0.05, 0.1) is 6.61 Å². The summed E-state index contributed by atoms with van der Waals surface area (Å²) in [4.78, 5) is 12.6. The number of hydrogen-bond donors (Lipinski definition) is 2. The molecule has 0 spiro atoms. The Balaban J connectivity index is 2.45. The first-order chi connectivity index (χ1) is 10.6. The smallest absolute Gasteiger partial charge is 0.329 e. The maximum atomic E-state index is 12.3. The fourth-order valence-corrected chi connectivity index (χ4v) is 3.35. The monoisotopic (exact) mass is 336 g/mol. The number of hydrogen-bond acceptors (Lipinski definition) is 6. The van der Waals surface area contributed by atoms with E-state index in [0.717, 1.165) is 23.1 Å². The van der Waals surface area contributed by atoms with E-state index in [0.29, 0.717) is 15.3 Å². The standard InChI is InChI=1S/C15H16N2O3S2/c1-2-20-14(19)11(8-10-6-4-3-5-7-10)17-13(18)12(9-16)22-15(17)21/h3-7,9,11,16,18H,2,8H2,1H3. The second-order valence-corrected chi connectivity index (χ2v) is 6.20. The number of carbonyl (C=O) groups is 1. The zero-order valence-corrected chi connectivity index (χ0v) is 13.6. The van der Waals surface area contributed by atoms with Gasteiger partial charge in [0.15, 0.2) is 3.95 Å². The van der Waals surface area contributed by atoms with E-state index < -0.39 is 12.0 Å². The number of ether oxygens (including phenoxy) is 1. The topological polar surface area (TPSA) is 75.3 Å². The second-order valence-electron chi connectivity index (χ2n) is 4.53. The molecule has 22 heavy (non-hydrogen) atoms. The molecule has 0 amide bonds. The fourth-order valence-electron chi connectivity index (χ4n) is 2.12. The van der Waals surface area contributed by atoms with Crippen molar-refractivity contribution >= 4 is 35.7 Å². The van der Waals surface area contributed by atoms with Crippen LogP contribution in [0.5, 0.6) is 5.88 Å². The Morgan fingerprint density at radius 1 is 1.50 bits per heavy atom. The lowest BCUT2D eigenvalue weighted by Crippen LogP contribution is -2.24. The lowest BCUT2D eigenvalue weighted by Gasteiger charge is -2.18. The van der Waals surface area contributed by atoms with Gasteiger partial charge in [0, 0.05) is 12.6 Å². The van der Waals surface area contributed by atoms with Crippen molar-refractivity contribution in [3.8, 4) is 5.88 Å². The molecule has 1 atom stereocenters. The summed E-state index contributed by atoms with van der Waals surface area (Å²) in [5, 5.41) is 17.5. The van der Waals surface area contributed by atoms with Crippen LogP contribution < -0.4 is 0 Å². The van der Waals surface area contributed by atoms with Gasteiger partial charge < -0.3 is 15.3 Å². The molecule has 1 aromatic heterocycles. The first-order valence-electron chi connectivity index (χ1n) is 6.73. The van der Waals surface area contributed by atoms with Crippen molar-refractivity contribution in [3.05, 3.63) is 44.7 Å². The van der Waals surface area contributed by atoms with E-state index in [1.807, 2.05) is 30.3 Å². The second kappa shape index (κ2) is 7.33. The van der Waals surface area contributed by atoms with Crippen molar-refractivity contribution < 1.29 is 14.6 Å². The molecule has 0 radical (unpaired) electrons. The summed E-state index contributed by atoms with van der Waals surface area (Å²) in [5.74, 6) is -0.619. The summed E-state index contributed by atoms with van der Waals surface area (Å²) in [7, 11) is 0. The van der Waals surface area contributed by atoms with Crippen LogP contribution in [0.15, 0.2) is 30.3 Å². The van der Waals surface area contributed by atoms with Gasteiger partial charge in [-0.05, 0) is 24.7 Å². The van der Waals surface area contributed by atoms with E-state index >= 15 is 0 Å². The Bertz CT molecular complexity index is 722. The first-order valence-corrected chi connectivity index (χ1v) is 7.96. The summed E-state index contributed by atoms with van der Waals surface area (Å²) >= 11 is 6.33. The molecule has 0 saturated heterocycles. The number of thiazole rings is 1. The molecule has 5 nitrogen and oxygen atoms in total. The van der Waals surface area contributed by atoms with Gasteiger partial charge in [-0.15, -0.1) is 0 Å². The van der Waals surface area contributed by atoms with Crippen LogP contribution in [0.2, 0.25) is 0 Å². The highest BCUT2D eigenvalue weighted by Gasteiger charge is 2.27. The van der Waals surface area contributed by atoms with Crippen molar-refractivity contribution in [1.82, 2.24) is 4.57 Å². The van der Waals surface area contributed by atoms with Crippen LogP contribution in [0.4, 0.5) is 0 Å². The van der Waals surface area contributed by atoms with Crippen LogP contribution in [0.1, 0.15) is 23.4 Å². The molecule has 1 unspecified atom stereocenters. The normalized spacial score (nSPS) is 11.9. The fraction of sp³-hybridized carbons (Fsp3) is 0.267. The van der Waals surface area contributed by atoms with E-state index in [1.165, 1.54) is 4.57 Å². The van der Waals surface area contributed by atoms with Crippen LogP contribution in [0, 0.1) is 9.36 Å². The predicted molar refractivity (Wildman–Crippen MR) is 88.5 cm³/mol. The number of esters is 1. The highest BCUT2D eigenvalue weighted by Crippen LogP contribution is 2.30. The van der Waals surface area contributed by atoms with Crippen molar-refractivity contribution in [3.63, 3.8) is 0 Å². The molecule has 2 aromatic rings. The molecule has 0 aliphatic rings. The van der Waals surface area contributed by atoms with Gasteiger partial charge in [0.1, 0.15) is 10.9 Å². The molecule has 1 heterocycles. The van der Waals surface area contributed by atoms with Crippen LogP contribution in [-0.2, 0) is 16.0 Å². The molecule has 0 saturated carbocycles.